The van der Waals surface area contributed by atoms with Gasteiger partial charge in [0.2, 0.25) is 10.0 Å². The topological polar surface area (TPSA) is 81.7 Å². The van der Waals surface area contributed by atoms with Crippen molar-refractivity contribution in [2.75, 3.05) is 14.2 Å². The molecule has 2 rings (SSSR count). The maximum atomic E-state index is 12.8. The minimum Gasteiger partial charge on any atom is -0.496 e. The molecule has 0 amide bonds. The second-order valence-electron chi connectivity index (χ2n) is 6.97. The lowest BCUT2D eigenvalue weighted by Gasteiger charge is -2.21. The molecule has 0 spiro atoms. The molecule has 1 atom stereocenters. The van der Waals surface area contributed by atoms with Gasteiger partial charge in [-0.15, -0.1) is 0 Å². The lowest BCUT2D eigenvalue weighted by atomic mass is 9.94. The fourth-order valence-electron chi connectivity index (χ4n) is 3.08. The zero-order valence-corrected chi connectivity index (χ0v) is 17.9. The van der Waals surface area contributed by atoms with Crippen molar-refractivity contribution >= 4 is 16.0 Å². The van der Waals surface area contributed by atoms with Crippen LogP contribution in [0, 0.1) is 6.92 Å². The molecule has 0 aliphatic rings. The van der Waals surface area contributed by atoms with E-state index in [4.69, 9.17) is 4.74 Å². The molecule has 1 unspecified atom stereocenters. The molecule has 0 saturated carbocycles. The number of sulfonamides is 1. The summed E-state index contributed by atoms with van der Waals surface area (Å²) in [5, 5.41) is 0. The standard InChI is InChI=1S/C21H27NO5S/c1-13(2)18-12-19(14(3)10-20(18)26-5)15(4)22-28(24,25)17-9-7-8-16(11-17)21(23)27-6/h7-13,15,22H,1-6H3. The molecule has 0 aromatic heterocycles. The van der Waals surface area contributed by atoms with Crippen LogP contribution in [0.3, 0.4) is 0 Å². The Kier molecular flexibility index (Phi) is 6.85. The summed E-state index contributed by atoms with van der Waals surface area (Å²) in [7, 11) is -0.948. The Hall–Kier alpha value is -2.38. The van der Waals surface area contributed by atoms with Crippen molar-refractivity contribution in [1.82, 2.24) is 4.72 Å². The van der Waals surface area contributed by atoms with Crippen molar-refractivity contribution in [1.29, 1.82) is 0 Å². The van der Waals surface area contributed by atoms with Crippen molar-refractivity contribution in [2.45, 2.75) is 44.6 Å². The summed E-state index contributed by atoms with van der Waals surface area (Å²) in [6.07, 6.45) is 0. The average molecular weight is 406 g/mol. The molecule has 0 aliphatic heterocycles. The molecule has 28 heavy (non-hydrogen) atoms. The van der Waals surface area contributed by atoms with Crippen LogP contribution in [0.1, 0.15) is 59.8 Å². The van der Waals surface area contributed by atoms with Gasteiger partial charge in [0.15, 0.2) is 0 Å². The zero-order valence-electron chi connectivity index (χ0n) is 17.1. The van der Waals surface area contributed by atoms with Gasteiger partial charge in [0.1, 0.15) is 5.75 Å². The fraction of sp³-hybridized carbons (Fsp3) is 0.381. The number of ether oxygens (including phenoxy) is 2. The Morgan fingerprint density at radius 2 is 1.71 bits per heavy atom. The van der Waals surface area contributed by atoms with Crippen molar-refractivity contribution in [3.8, 4) is 5.75 Å². The number of rotatable bonds is 7. The second kappa shape index (κ2) is 8.75. The summed E-state index contributed by atoms with van der Waals surface area (Å²) in [6, 6.07) is 9.22. The molecule has 2 aromatic carbocycles. The highest BCUT2D eigenvalue weighted by Crippen LogP contribution is 2.32. The van der Waals surface area contributed by atoms with Crippen LogP contribution in [0.5, 0.6) is 5.75 Å². The summed E-state index contributed by atoms with van der Waals surface area (Å²) in [4.78, 5) is 11.7. The summed E-state index contributed by atoms with van der Waals surface area (Å²) in [6.45, 7) is 7.83. The SMILES string of the molecule is COC(=O)c1cccc(S(=O)(=O)NC(C)c2cc(C(C)C)c(OC)cc2C)c1. The van der Waals surface area contributed by atoms with E-state index < -0.39 is 22.0 Å². The lowest BCUT2D eigenvalue weighted by molar-refractivity contribution is 0.0600. The molecular weight excluding hydrogens is 378 g/mol. The Morgan fingerprint density at radius 3 is 2.29 bits per heavy atom. The molecule has 0 fully saturated rings. The smallest absolute Gasteiger partial charge is 0.337 e. The van der Waals surface area contributed by atoms with E-state index >= 15 is 0 Å². The number of carbonyl (C=O) groups excluding carboxylic acids is 1. The maximum Gasteiger partial charge on any atom is 0.337 e. The third-order valence-electron chi connectivity index (χ3n) is 4.60. The number of carbonyl (C=O) groups is 1. The molecule has 2 aromatic rings. The van der Waals surface area contributed by atoms with Crippen LogP contribution in [0.15, 0.2) is 41.3 Å². The highest BCUT2D eigenvalue weighted by molar-refractivity contribution is 7.89. The number of aryl methyl sites for hydroxylation is 1. The first-order valence-electron chi connectivity index (χ1n) is 8.99. The van der Waals surface area contributed by atoms with E-state index in [1.54, 1.807) is 14.0 Å². The number of nitrogens with one attached hydrogen (secondary N) is 1. The van der Waals surface area contributed by atoms with Gasteiger partial charge >= 0.3 is 5.97 Å². The molecule has 7 heteroatoms. The molecule has 0 heterocycles. The van der Waals surface area contributed by atoms with Crippen LogP contribution in [-0.4, -0.2) is 28.6 Å². The molecule has 0 saturated heterocycles. The van der Waals surface area contributed by atoms with Gasteiger partial charge in [-0.2, -0.15) is 0 Å². The molecule has 0 bridgehead atoms. The minimum absolute atomic E-state index is 0.0116. The summed E-state index contributed by atoms with van der Waals surface area (Å²) in [5.41, 5.74) is 3.00. The third kappa shape index (κ3) is 4.72. The molecular formula is C21H27NO5S. The number of methoxy groups -OCH3 is 2. The molecule has 0 radical (unpaired) electrons. The minimum atomic E-state index is -3.83. The van der Waals surface area contributed by atoms with Crippen LogP contribution >= 0.6 is 0 Å². The van der Waals surface area contributed by atoms with E-state index in [2.05, 4.69) is 23.3 Å². The van der Waals surface area contributed by atoms with Crippen LogP contribution in [0.25, 0.3) is 0 Å². The Balaban J connectivity index is 2.37. The van der Waals surface area contributed by atoms with E-state index in [0.29, 0.717) is 0 Å². The summed E-state index contributed by atoms with van der Waals surface area (Å²) >= 11 is 0. The van der Waals surface area contributed by atoms with Gasteiger partial charge in [0.25, 0.3) is 0 Å². The lowest BCUT2D eigenvalue weighted by Crippen LogP contribution is -2.27. The van der Waals surface area contributed by atoms with Gasteiger partial charge in [-0.3, -0.25) is 0 Å². The average Bonchev–Trinajstić information content (AvgIpc) is 2.66. The van der Waals surface area contributed by atoms with Crippen LogP contribution in [-0.2, 0) is 14.8 Å². The van der Waals surface area contributed by atoms with E-state index in [1.807, 2.05) is 19.1 Å². The van der Waals surface area contributed by atoms with Crippen LogP contribution < -0.4 is 9.46 Å². The van der Waals surface area contributed by atoms with Crippen molar-refractivity contribution in [3.05, 3.63) is 58.7 Å². The molecule has 152 valence electrons. The van der Waals surface area contributed by atoms with Crippen molar-refractivity contribution in [3.63, 3.8) is 0 Å². The Bertz CT molecular complexity index is 967. The largest absolute Gasteiger partial charge is 0.496 e. The third-order valence-corrected chi connectivity index (χ3v) is 6.14. The fourth-order valence-corrected chi connectivity index (χ4v) is 4.35. The molecule has 6 nitrogen and oxygen atoms in total. The Morgan fingerprint density at radius 1 is 1.04 bits per heavy atom. The van der Waals surface area contributed by atoms with Gasteiger partial charge in [-0.25, -0.2) is 17.9 Å². The van der Waals surface area contributed by atoms with Gasteiger partial charge in [0.05, 0.1) is 24.7 Å². The number of esters is 1. The monoisotopic (exact) mass is 405 g/mol. The number of benzene rings is 2. The second-order valence-corrected chi connectivity index (χ2v) is 8.68. The predicted molar refractivity (Wildman–Crippen MR) is 108 cm³/mol. The summed E-state index contributed by atoms with van der Waals surface area (Å²) < 4.78 is 38.5. The predicted octanol–water partition coefficient (Wildman–Crippen LogP) is 3.95. The van der Waals surface area contributed by atoms with E-state index in [0.717, 1.165) is 22.4 Å². The van der Waals surface area contributed by atoms with E-state index in [-0.39, 0.29) is 16.4 Å². The molecule has 0 aliphatic carbocycles. The first-order chi connectivity index (χ1) is 13.1. The Labute approximate surface area is 166 Å². The van der Waals surface area contributed by atoms with E-state index in [1.165, 1.54) is 31.4 Å². The highest BCUT2D eigenvalue weighted by atomic mass is 32.2. The highest BCUT2D eigenvalue weighted by Gasteiger charge is 2.22. The van der Waals surface area contributed by atoms with Gasteiger partial charge in [0, 0.05) is 6.04 Å². The number of hydrogen-bond donors (Lipinski definition) is 1. The zero-order chi connectivity index (χ0) is 21.1. The first kappa shape index (κ1) is 21.9. The van der Waals surface area contributed by atoms with Crippen molar-refractivity contribution in [2.24, 2.45) is 0 Å². The van der Waals surface area contributed by atoms with Crippen LogP contribution in [0.2, 0.25) is 0 Å². The maximum absolute atomic E-state index is 12.8. The quantitative estimate of drug-likeness (QED) is 0.705. The van der Waals surface area contributed by atoms with Crippen LogP contribution in [0.4, 0.5) is 0 Å². The van der Waals surface area contributed by atoms with Crippen molar-refractivity contribution < 1.29 is 22.7 Å². The molecule has 1 N–H and O–H groups in total. The summed E-state index contributed by atoms with van der Waals surface area (Å²) in [5.74, 6) is 0.435. The van der Waals surface area contributed by atoms with Gasteiger partial charge in [-0.1, -0.05) is 19.9 Å². The van der Waals surface area contributed by atoms with Gasteiger partial charge in [-0.05, 0) is 66.8 Å². The normalized spacial score (nSPS) is 12.7. The van der Waals surface area contributed by atoms with E-state index in [9.17, 15) is 13.2 Å². The van der Waals surface area contributed by atoms with Gasteiger partial charge < -0.3 is 9.47 Å². The first-order valence-corrected chi connectivity index (χ1v) is 10.5. The number of hydrogen-bond acceptors (Lipinski definition) is 5.